The molecule has 2 aromatic carbocycles. The van der Waals surface area contributed by atoms with E-state index in [0.29, 0.717) is 28.3 Å². The third-order valence-corrected chi connectivity index (χ3v) is 4.47. The monoisotopic (exact) mass is 456 g/mol. The van der Waals surface area contributed by atoms with Crippen molar-refractivity contribution in [3.8, 4) is 22.6 Å². The molecule has 7 nitrogen and oxygen atoms in total. The van der Waals surface area contributed by atoms with E-state index in [4.69, 9.17) is 9.15 Å². The van der Waals surface area contributed by atoms with Crippen molar-refractivity contribution in [1.29, 1.82) is 0 Å². The van der Waals surface area contributed by atoms with Gasteiger partial charge in [-0.05, 0) is 54.1 Å². The predicted octanol–water partition coefficient (Wildman–Crippen LogP) is 4.71. The average molecular weight is 456 g/mol. The summed E-state index contributed by atoms with van der Waals surface area (Å²) >= 11 is 0. The second kappa shape index (κ2) is 11.5. The molecule has 0 spiro atoms. The Morgan fingerprint density at radius 1 is 1.12 bits per heavy atom. The molecule has 0 fully saturated rings. The average Bonchev–Trinajstić information content (AvgIpc) is 3.32. The Morgan fingerprint density at radius 2 is 1.91 bits per heavy atom. The standard InChI is InChI=1S/C24H22F2N2O5/c1-31-18-7-4-16(5-8-18)20-15-17(6-10-21(20)33-24(25)26)28-23(30)12-13-27-22(29)11-9-19-3-2-14-32-19/h2-11,14-15,24H,12-13H2,1H3,(H,27,29)(H,28,30)/b11-9+. The minimum atomic E-state index is -2.99. The first-order chi connectivity index (χ1) is 15.9. The number of ether oxygens (including phenoxy) is 2. The summed E-state index contributed by atoms with van der Waals surface area (Å²) in [5.74, 6) is 0.405. The summed E-state index contributed by atoms with van der Waals surface area (Å²) in [6, 6.07) is 14.6. The molecule has 2 N–H and O–H groups in total. The molecule has 3 rings (SSSR count). The van der Waals surface area contributed by atoms with Gasteiger partial charge < -0.3 is 24.5 Å². The molecule has 33 heavy (non-hydrogen) atoms. The van der Waals surface area contributed by atoms with E-state index < -0.39 is 6.61 Å². The lowest BCUT2D eigenvalue weighted by atomic mass is 10.0. The molecule has 1 aromatic heterocycles. The highest BCUT2D eigenvalue weighted by molar-refractivity contribution is 5.94. The number of alkyl halides is 2. The molecule has 1 heterocycles. The van der Waals surface area contributed by atoms with Gasteiger partial charge in [0.25, 0.3) is 0 Å². The zero-order valence-corrected chi connectivity index (χ0v) is 17.7. The maximum Gasteiger partial charge on any atom is 0.387 e. The molecule has 0 aliphatic carbocycles. The number of furan rings is 1. The minimum Gasteiger partial charge on any atom is -0.497 e. The number of halogens is 2. The molecule has 0 bridgehead atoms. The Balaban J connectivity index is 1.61. The fourth-order valence-corrected chi connectivity index (χ4v) is 2.93. The Hall–Kier alpha value is -4.14. The number of rotatable bonds is 10. The number of hydrogen-bond donors (Lipinski definition) is 2. The quantitative estimate of drug-likeness (QED) is 0.431. The van der Waals surface area contributed by atoms with E-state index in [9.17, 15) is 18.4 Å². The van der Waals surface area contributed by atoms with Crippen LogP contribution in [0.1, 0.15) is 12.2 Å². The van der Waals surface area contributed by atoms with E-state index in [1.807, 2.05) is 0 Å². The molecule has 2 amide bonds. The molecule has 3 aromatic rings. The molecule has 0 aliphatic rings. The molecular formula is C24H22F2N2O5. The van der Waals surface area contributed by atoms with Gasteiger partial charge in [0.05, 0.1) is 13.4 Å². The van der Waals surface area contributed by atoms with Crippen molar-refractivity contribution in [3.63, 3.8) is 0 Å². The third-order valence-electron chi connectivity index (χ3n) is 4.47. The molecular weight excluding hydrogens is 434 g/mol. The van der Waals surface area contributed by atoms with E-state index in [-0.39, 0.29) is 30.5 Å². The number of carbonyl (C=O) groups excluding carboxylic acids is 2. The zero-order chi connectivity index (χ0) is 23.6. The van der Waals surface area contributed by atoms with Gasteiger partial charge in [0, 0.05) is 30.3 Å². The molecule has 9 heteroatoms. The van der Waals surface area contributed by atoms with Crippen LogP contribution in [-0.4, -0.2) is 32.1 Å². The number of benzene rings is 2. The second-order valence-electron chi connectivity index (χ2n) is 6.76. The van der Waals surface area contributed by atoms with Crippen molar-refractivity contribution in [1.82, 2.24) is 5.32 Å². The van der Waals surface area contributed by atoms with Crippen LogP contribution in [0.5, 0.6) is 11.5 Å². The number of carbonyl (C=O) groups is 2. The SMILES string of the molecule is COc1ccc(-c2cc(NC(=O)CCNC(=O)/C=C/c3ccco3)ccc2OC(F)F)cc1. The third kappa shape index (κ3) is 7.20. The number of amides is 2. The van der Waals surface area contributed by atoms with Gasteiger partial charge in [-0.1, -0.05) is 12.1 Å². The molecule has 0 saturated carbocycles. The zero-order valence-electron chi connectivity index (χ0n) is 17.7. The summed E-state index contributed by atoms with van der Waals surface area (Å²) in [5.41, 5.74) is 1.39. The summed E-state index contributed by atoms with van der Waals surface area (Å²) in [5, 5.41) is 5.29. The van der Waals surface area contributed by atoms with Crippen molar-refractivity contribution in [2.75, 3.05) is 19.0 Å². The molecule has 0 aliphatic heterocycles. The fraction of sp³-hybridized carbons (Fsp3) is 0.167. The van der Waals surface area contributed by atoms with Gasteiger partial charge in [-0.2, -0.15) is 8.78 Å². The Bertz CT molecular complexity index is 1100. The van der Waals surface area contributed by atoms with E-state index in [1.165, 1.54) is 37.7 Å². The highest BCUT2D eigenvalue weighted by Crippen LogP contribution is 2.34. The lowest BCUT2D eigenvalue weighted by molar-refractivity contribution is -0.117. The van der Waals surface area contributed by atoms with Gasteiger partial charge in [-0.25, -0.2) is 0 Å². The van der Waals surface area contributed by atoms with Gasteiger partial charge in [0.2, 0.25) is 11.8 Å². The van der Waals surface area contributed by atoms with Crippen molar-refractivity contribution < 1.29 is 32.3 Å². The van der Waals surface area contributed by atoms with Gasteiger partial charge in [-0.15, -0.1) is 0 Å². The van der Waals surface area contributed by atoms with E-state index in [0.717, 1.165) is 0 Å². The summed E-state index contributed by atoms with van der Waals surface area (Å²) in [6.45, 7) is -2.88. The molecule has 0 saturated heterocycles. The first-order valence-corrected chi connectivity index (χ1v) is 9.97. The highest BCUT2D eigenvalue weighted by Gasteiger charge is 2.14. The number of anilines is 1. The lowest BCUT2D eigenvalue weighted by Gasteiger charge is -2.14. The predicted molar refractivity (Wildman–Crippen MR) is 119 cm³/mol. The van der Waals surface area contributed by atoms with Gasteiger partial charge >= 0.3 is 6.61 Å². The summed E-state index contributed by atoms with van der Waals surface area (Å²) < 4.78 is 40.5. The van der Waals surface area contributed by atoms with Crippen LogP contribution in [0.2, 0.25) is 0 Å². The first-order valence-electron chi connectivity index (χ1n) is 9.97. The summed E-state index contributed by atoms with van der Waals surface area (Å²) in [4.78, 5) is 24.1. The summed E-state index contributed by atoms with van der Waals surface area (Å²) in [7, 11) is 1.52. The fourth-order valence-electron chi connectivity index (χ4n) is 2.93. The normalized spacial score (nSPS) is 10.9. The Kier molecular flexibility index (Phi) is 8.18. The first kappa shape index (κ1) is 23.5. The van der Waals surface area contributed by atoms with E-state index in [1.54, 1.807) is 42.5 Å². The maximum atomic E-state index is 12.8. The Labute approximate surface area is 189 Å². The smallest absolute Gasteiger partial charge is 0.387 e. The number of nitrogens with one attached hydrogen (secondary N) is 2. The van der Waals surface area contributed by atoms with Crippen molar-refractivity contribution in [2.24, 2.45) is 0 Å². The van der Waals surface area contributed by atoms with Crippen LogP contribution in [-0.2, 0) is 9.59 Å². The van der Waals surface area contributed by atoms with Crippen LogP contribution < -0.4 is 20.1 Å². The number of methoxy groups -OCH3 is 1. The molecule has 0 atom stereocenters. The van der Waals surface area contributed by atoms with Gasteiger partial charge in [-0.3, -0.25) is 9.59 Å². The van der Waals surface area contributed by atoms with E-state index >= 15 is 0 Å². The number of hydrogen-bond acceptors (Lipinski definition) is 5. The lowest BCUT2D eigenvalue weighted by Crippen LogP contribution is -2.26. The van der Waals surface area contributed by atoms with Gasteiger partial charge in [0.15, 0.2) is 0 Å². The molecule has 0 radical (unpaired) electrons. The Morgan fingerprint density at radius 3 is 2.58 bits per heavy atom. The largest absolute Gasteiger partial charge is 0.497 e. The van der Waals surface area contributed by atoms with Crippen molar-refractivity contribution in [2.45, 2.75) is 13.0 Å². The summed E-state index contributed by atoms with van der Waals surface area (Å²) in [6.07, 6.45) is 4.33. The van der Waals surface area contributed by atoms with Crippen LogP contribution in [0.3, 0.4) is 0 Å². The van der Waals surface area contributed by atoms with Crippen LogP contribution in [0.4, 0.5) is 14.5 Å². The maximum absolute atomic E-state index is 12.8. The second-order valence-corrected chi connectivity index (χ2v) is 6.76. The van der Waals surface area contributed by atoms with Crippen LogP contribution in [0, 0.1) is 0 Å². The van der Waals surface area contributed by atoms with Crippen LogP contribution in [0.25, 0.3) is 17.2 Å². The molecule has 172 valence electrons. The highest BCUT2D eigenvalue weighted by atomic mass is 19.3. The van der Waals surface area contributed by atoms with Crippen molar-refractivity contribution in [3.05, 3.63) is 72.7 Å². The topological polar surface area (TPSA) is 89.8 Å². The van der Waals surface area contributed by atoms with Crippen LogP contribution >= 0.6 is 0 Å². The van der Waals surface area contributed by atoms with E-state index in [2.05, 4.69) is 15.4 Å². The van der Waals surface area contributed by atoms with Crippen molar-refractivity contribution >= 4 is 23.6 Å². The molecule has 0 unspecified atom stereocenters. The van der Waals surface area contributed by atoms with Crippen LogP contribution in [0.15, 0.2) is 71.4 Å². The minimum absolute atomic E-state index is 0.0213. The van der Waals surface area contributed by atoms with Gasteiger partial charge in [0.1, 0.15) is 17.3 Å².